The van der Waals surface area contributed by atoms with Gasteiger partial charge < -0.3 is 10.1 Å². The summed E-state index contributed by atoms with van der Waals surface area (Å²) >= 11 is 0. The van der Waals surface area contributed by atoms with Crippen molar-refractivity contribution in [2.45, 2.75) is 38.0 Å². The van der Waals surface area contributed by atoms with Gasteiger partial charge in [0.25, 0.3) is 0 Å². The molecule has 2 unspecified atom stereocenters. The third-order valence-electron chi connectivity index (χ3n) is 2.87. The van der Waals surface area contributed by atoms with Crippen molar-refractivity contribution in [1.82, 2.24) is 5.32 Å². The fraction of sp³-hybridized carbons (Fsp3) is 1.00. The summed E-state index contributed by atoms with van der Waals surface area (Å²) in [5.41, 5.74) is 0. The Kier molecular flexibility index (Phi) is 2.81. The van der Waals surface area contributed by atoms with Gasteiger partial charge in [-0.15, -0.1) is 0 Å². The molecule has 0 amide bonds. The normalized spacial score (nSPS) is 37.8. The standard InChI is InChI=1S/C9H17NO3S/c1-7-4-8(2-3-13-7)10-9-5-14(11,12)6-9/h7-10H,2-6H2,1H3. The first-order chi connectivity index (χ1) is 6.55. The van der Waals surface area contributed by atoms with Gasteiger partial charge in [-0.3, -0.25) is 0 Å². The minimum Gasteiger partial charge on any atom is -0.378 e. The van der Waals surface area contributed by atoms with Crippen molar-refractivity contribution >= 4 is 9.84 Å². The van der Waals surface area contributed by atoms with Gasteiger partial charge in [0.05, 0.1) is 17.6 Å². The molecule has 4 nitrogen and oxygen atoms in total. The van der Waals surface area contributed by atoms with Crippen LogP contribution in [0.2, 0.25) is 0 Å². The minimum atomic E-state index is -2.69. The molecule has 2 heterocycles. The number of hydrogen-bond acceptors (Lipinski definition) is 4. The van der Waals surface area contributed by atoms with Gasteiger partial charge in [-0.05, 0) is 19.8 Å². The average Bonchev–Trinajstić information content (AvgIpc) is 2.00. The number of sulfone groups is 1. The molecular weight excluding hydrogens is 202 g/mol. The lowest BCUT2D eigenvalue weighted by Gasteiger charge is -2.34. The number of hydrogen-bond donors (Lipinski definition) is 1. The molecule has 2 fully saturated rings. The molecule has 0 radical (unpaired) electrons. The number of ether oxygens (including phenoxy) is 1. The fourth-order valence-electron chi connectivity index (χ4n) is 2.14. The van der Waals surface area contributed by atoms with Crippen LogP contribution in [0.4, 0.5) is 0 Å². The highest BCUT2D eigenvalue weighted by molar-refractivity contribution is 7.92. The zero-order valence-electron chi connectivity index (χ0n) is 8.40. The van der Waals surface area contributed by atoms with Crippen molar-refractivity contribution in [2.75, 3.05) is 18.1 Å². The molecule has 14 heavy (non-hydrogen) atoms. The van der Waals surface area contributed by atoms with Gasteiger partial charge in [0.15, 0.2) is 9.84 Å². The molecule has 2 atom stereocenters. The lowest BCUT2D eigenvalue weighted by atomic mass is 10.0. The summed E-state index contributed by atoms with van der Waals surface area (Å²) in [7, 11) is -2.69. The smallest absolute Gasteiger partial charge is 0.153 e. The summed E-state index contributed by atoms with van der Waals surface area (Å²) in [5.74, 6) is 0.636. The SMILES string of the molecule is CC1CC(NC2CS(=O)(=O)C2)CCO1. The summed E-state index contributed by atoms with van der Waals surface area (Å²) in [5, 5.41) is 3.38. The second-order valence-electron chi connectivity index (χ2n) is 4.34. The lowest BCUT2D eigenvalue weighted by Crippen LogP contribution is -2.55. The van der Waals surface area contributed by atoms with Crippen molar-refractivity contribution in [3.05, 3.63) is 0 Å². The molecular formula is C9H17NO3S. The van der Waals surface area contributed by atoms with E-state index in [1.54, 1.807) is 0 Å². The molecule has 0 saturated carbocycles. The maximum Gasteiger partial charge on any atom is 0.153 e. The Morgan fingerprint density at radius 3 is 2.57 bits per heavy atom. The van der Waals surface area contributed by atoms with E-state index in [1.807, 2.05) is 0 Å². The molecule has 0 spiro atoms. The zero-order chi connectivity index (χ0) is 10.2. The predicted molar refractivity (Wildman–Crippen MR) is 54.0 cm³/mol. The first-order valence-electron chi connectivity index (χ1n) is 5.13. The van der Waals surface area contributed by atoms with Crippen LogP contribution in [-0.4, -0.2) is 44.7 Å². The maximum absolute atomic E-state index is 10.9. The predicted octanol–water partition coefficient (Wildman–Crippen LogP) is -0.0595. The topological polar surface area (TPSA) is 55.4 Å². The van der Waals surface area contributed by atoms with E-state index in [4.69, 9.17) is 4.74 Å². The lowest BCUT2D eigenvalue weighted by molar-refractivity contribution is 0.0119. The largest absolute Gasteiger partial charge is 0.378 e. The Labute approximate surface area is 84.9 Å². The summed E-state index contributed by atoms with van der Waals surface area (Å²) < 4.78 is 27.3. The molecule has 2 saturated heterocycles. The Hall–Kier alpha value is -0.130. The third-order valence-corrected chi connectivity index (χ3v) is 4.69. The maximum atomic E-state index is 10.9. The van der Waals surface area contributed by atoms with E-state index in [-0.39, 0.29) is 6.04 Å². The highest BCUT2D eigenvalue weighted by Crippen LogP contribution is 2.17. The van der Waals surface area contributed by atoms with Crippen LogP contribution in [0, 0.1) is 0 Å². The second-order valence-corrected chi connectivity index (χ2v) is 6.50. The summed E-state index contributed by atoms with van der Waals surface area (Å²) in [6, 6.07) is 0.634. The van der Waals surface area contributed by atoms with Crippen LogP contribution in [0.1, 0.15) is 19.8 Å². The highest BCUT2D eigenvalue weighted by Gasteiger charge is 2.35. The van der Waals surface area contributed by atoms with E-state index < -0.39 is 9.84 Å². The molecule has 2 rings (SSSR count). The summed E-state index contributed by atoms with van der Waals surface area (Å²) in [6.45, 7) is 2.85. The summed E-state index contributed by atoms with van der Waals surface area (Å²) in [4.78, 5) is 0. The molecule has 0 bridgehead atoms. The summed E-state index contributed by atoms with van der Waals surface area (Å²) in [6.07, 6.45) is 2.30. The number of nitrogens with one attached hydrogen (secondary N) is 1. The molecule has 0 aliphatic carbocycles. The monoisotopic (exact) mass is 219 g/mol. The van der Waals surface area contributed by atoms with Crippen LogP contribution in [0.25, 0.3) is 0 Å². The molecule has 2 aliphatic heterocycles. The van der Waals surface area contributed by atoms with Crippen LogP contribution < -0.4 is 5.32 Å². The van der Waals surface area contributed by atoms with Crippen molar-refractivity contribution in [3.8, 4) is 0 Å². The van der Waals surface area contributed by atoms with Crippen LogP contribution in [0.3, 0.4) is 0 Å². The molecule has 5 heteroatoms. The first kappa shape index (κ1) is 10.4. The molecule has 82 valence electrons. The first-order valence-corrected chi connectivity index (χ1v) is 6.95. The quantitative estimate of drug-likeness (QED) is 0.707. The van der Waals surface area contributed by atoms with Gasteiger partial charge in [0.2, 0.25) is 0 Å². The fourth-order valence-corrected chi connectivity index (χ4v) is 3.46. The van der Waals surface area contributed by atoms with Gasteiger partial charge in [-0.2, -0.15) is 0 Å². The van der Waals surface area contributed by atoms with Crippen LogP contribution in [0.15, 0.2) is 0 Å². The van der Waals surface area contributed by atoms with E-state index in [9.17, 15) is 8.42 Å². The van der Waals surface area contributed by atoms with Crippen molar-refractivity contribution in [1.29, 1.82) is 0 Å². The molecule has 1 N–H and O–H groups in total. The Balaban J connectivity index is 1.76. The van der Waals surface area contributed by atoms with E-state index in [1.165, 1.54) is 0 Å². The van der Waals surface area contributed by atoms with Crippen molar-refractivity contribution < 1.29 is 13.2 Å². The van der Waals surface area contributed by atoms with Crippen LogP contribution in [-0.2, 0) is 14.6 Å². The van der Waals surface area contributed by atoms with Crippen LogP contribution in [0.5, 0.6) is 0 Å². The van der Waals surface area contributed by atoms with Gasteiger partial charge in [-0.1, -0.05) is 0 Å². The molecule has 0 aromatic carbocycles. The minimum absolute atomic E-state index is 0.190. The average molecular weight is 219 g/mol. The van der Waals surface area contributed by atoms with E-state index in [0.29, 0.717) is 23.7 Å². The Morgan fingerprint density at radius 2 is 2.00 bits per heavy atom. The zero-order valence-corrected chi connectivity index (χ0v) is 9.22. The van der Waals surface area contributed by atoms with Gasteiger partial charge in [-0.25, -0.2) is 8.42 Å². The molecule has 0 aromatic heterocycles. The van der Waals surface area contributed by atoms with Gasteiger partial charge in [0.1, 0.15) is 0 Å². The molecule has 0 aromatic rings. The van der Waals surface area contributed by atoms with Gasteiger partial charge in [0, 0.05) is 18.7 Å². The second kappa shape index (κ2) is 3.79. The molecule has 2 aliphatic rings. The number of rotatable bonds is 2. The highest BCUT2D eigenvalue weighted by atomic mass is 32.2. The van der Waals surface area contributed by atoms with E-state index >= 15 is 0 Å². The van der Waals surface area contributed by atoms with Crippen LogP contribution >= 0.6 is 0 Å². The van der Waals surface area contributed by atoms with Crippen molar-refractivity contribution in [3.63, 3.8) is 0 Å². The Morgan fingerprint density at radius 1 is 1.29 bits per heavy atom. The van der Waals surface area contributed by atoms with Gasteiger partial charge >= 0.3 is 0 Å². The Bertz CT molecular complexity index is 289. The van der Waals surface area contributed by atoms with Crippen molar-refractivity contribution in [2.24, 2.45) is 0 Å². The third kappa shape index (κ3) is 2.46. The van der Waals surface area contributed by atoms with E-state index in [2.05, 4.69) is 12.2 Å². The van der Waals surface area contributed by atoms with E-state index in [0.717, 1.165) is 19.4 Å².